The second-order valence-corrected chi connectivity index (χ2v) is 5.04. The maximum Gasteiger partial charge on any atom is 0.269 e. The van der Waals surface area contributed by atoms with E-state index in [1.807, 2.05) is 0 Å². The molecule has 0 aliphatic heterocycles. The first-order valence-electron chi connectivity index (χ1n) is 7.47. The summed E-state index contributed by atoms with van der Waals surface area (Å²) >= 11 is 0. The average Bonchev–Trinajstić information content (AvgIpc) is 2.63. The minimum Gasteiger partial charge on any atom is -0.495 e. The van der Waals surface area contributed by atoms with Gasteiger partial charge in [-0.3, -0.25) is 24.6 Å². The number of anilines is 3. The summed E-state index contributed by atoms with van der Waals surface area (Å²) in [5.41, 5.74) is 1.30. The van der Waals surface area contributed by atoms with Crippen molar-refractivity contribution in [3.05, 3.63) is 52.6 Å². The number of nitro groups is 1. The third-order valence-electron chi connectivity index (χ3n) is 3.50. The van der Waals surface area contributed by atoms with Gasteiger partial charge >= 0.3 is 0 Å². The zero-order valence-electron chi connectivity index (χ0n) is 13.8. The lowest BCUT2D eigenvalue weighted by Crippen LogP contribution is -2.15. The van der Waals surface area contributed by atoms with E-state index in [4.69, 9.17) is 4.74 Å². The molecule has 0 unspecified atom stereocenters. The smallest absolute Gasteiger partial charge is 0.269 e. The minimum atomic E-state index is -0.513. The summed E-state index contributed by atoms with van der Waals surface area (Å²) in [7, 11) is 1.48. The number of benzene rings is 2. The van der Waals surface area contributed by atoms with Gasteiger partial charge in [-0.2, -0.15) is 0 Å². The Kier molecular flexibility index (Phi) is 5.67. The van der Waals surface area contributed by atoms with Gasteiger partial charge in [-0.15, -0.1) is 0 Å². The summed E-state index contributed by atoms with van der Waals surface area (Å²) in [6.07, 6.45) is 0.890. The number of carbonyl (C=O) groups excluding carboxylic acids is 2. The highest BCUT2D eigenvalue weighted by Crippen LogP contribution is 2.33. The van der Waals surface area contributed by atoms with Crippen LogP contribution in [0.25, 0.3) is 0 Å². The van der Waals surface area contributed by atoms with Crippen molar-refractivity contribution in [1.82, 2.24) is 0 Å². The van der Waals surface area contributed by atoms with E-state index >= 15 is 0 Å². The van der Waals surface area contributed by atoms with Crippen LogP contribution in [0.3, 0.4) is 0 Å². The monoisotopic (exact) mass is 343 g/mol. The fourth-order valence-corrected chi connectivity index (χ4v) is 2.19. The molecule has 0 heterocycles. The highest BCUT2D eigenvalue weighted by Gasteiger charge is 2.14. The average molecular weight is 343 g/mol. The minimum absolute atomic E-state index is 0.0692. The topological polar surface area (TPSA) is 102 Å². The molecule has 8 heteroatoms. The van der Waals surface area contributed by atoms with E-state index in [0.29, 0.717) is 35.6 Å². The van der Waals surface area contributed by atoms with Crippen LogP contribution in [-0.2, 0) is 9.59 Å². The SMILES string of the molecule is CCC(=O)Nc1cc(N(C=O)c2ccc([N+](=O)[O-])cc2)ccc1OC. The molecule has 0 atom stereocenters. The largest absolute Gasteiger partial charge is 0.495 e. The van der Waals surface area contributed by atoms with E-state index in [1.54, 1.807) is 25.1 Å². The van der Waals surface area contributed by atoms with Crippen LogP contribution in [0.15, 0.2) is 42.5 Å². The number of rotatable bonds is 7. The molecule has 0 fully saturated rings. The maximum absolute atomic E-state index is 11.7. The van der Waals surface area contributed by atoms with Crippen LogP contribution in [0, 0.1) is 10.1 Å². The second-order valence-electron chi connectivity index (χ2n) is 5.04. The van der Waals surface area contributed by atoms with Crippen molar-refractivity contribution in [2.75, 3.05) is 17.3 Å². The highest BCUT2D eigenvalue weighted by molar-refractivity contribution is 5.94. The van der Waals surface area contributed by atoms with Crippen LogP contribution in [0.2, 0.25) is 0 Å². The number of ether oxygens (including phenoxy) is 1. The molecule has 1 N–H and O–H groups in total. The molecule has 25 heavy (non-hydrogen) atoms. The molecular weight excluding hydrogens is 326 g/mol. The Labute approximate surface area is 144 Å². The number of amides is 2. The van der Waals surface area contributed by atoms with Gasteiger partial charge in [0, 0.05) is 24.2 Å². The van der Waals surface area contributed by atoms with E-state index < -0.39 is 4.92 Å². The second kappa shape index (κ2) is 7.91. The Balaban J connectivity index is 2.39. The number of nitrogens with zero attached hydrogens (tertiary/aromatic N) is 2. The normalized spacial score (nSPS) is 10.0. The Morgan fingerprint density at radius 2 is 1.88 bits per heavy atom. The number of non-ortho nitro benzene ring substituents is 1. The van der Waals surface area contributed by atoms with Crippen molar-refractivity contribution in [3.63, 3.8) is 0 Å². The zero-order valence-corrected chi connectivity index (χ0v) is 13.8. The molecule has 0 aliphatic carbocycles. The summed E-state index contributed by atoms with van der Waals surface area (Å²) in [5, 5.41) is 13.4. The molecule has 2 aromatic rings. The summed E-state index contributed by atoms with van der Waals surface area (Å²) < 4.78 is 5.21. The molecule has 2 amide bonds. The highest BCUT2D eigenvalue weighted by atomic mass is 16.6. The van der Waals surface area contributed by atoms with Crippen molar-refractivity contribution < 1.29 is 19.2 Å². The van der Waals surface area contributed by atoms with Crippen LogP contribution in [0.1, 0.15) is 13.3 Å². The summed E-state index contributed by atoms with van der Waals surface area (Å²) in [6.45, 7) is 1.72. The molecule has 2 aromatic carbocycles. The molecule has 2 rings (SSSR count). The first-order chi connectivity index (χ1) is 12.0. The fraction of sp³-hybridized carbons (Fsp3) is 0.176. The van der Waals surface area contributed by atoms with Gasteiger partial charge in [0.25, 0.3) is 5.69 Å². The lowest BCUT2D eigenvalue weighted by molar-refractivity contribution is -0.384. The van der Waals surface area contributed by atoms with E-state index in [-0.39, 0.29) is 11.6 Å². The van der Waals surface area contributed by atoms with Crippen LogP contribution in [-0.4, -0.2) is 24.4 Å². The standard InChI is InChI=1S/C17H17N3O5/c1-3-17(22)18-15-10-14(8-9-16(15)25-2)19(11-21)12-4-6-13(7-5-12)20(23)24/h4-11H,3H2,1-2H3,(H,18,22). The van der Waals surface area contributed by atoms with Gasteiger partial charge in [-0.1, -0.05) is 6.92 Å². The Morgan fingerprint density at radius 1 is 1.24 bits per heavy atom. The molecule has 0 radical (unpaired) electrons. The van der Waals surface area contributed by atoms with Gasteiger partial charge in [0.15, 0.2) is 0 Å². The lowest BCUT2D eigenvalue weighted by Gasteiger charge is -2.19. The number of hydrogen-bond donors (Lipinski definition) is 1. The molecule has 0 saturated heterocycles. The summed E-state index contributed by atoms with van der Waals surface area (Å²) in [5.74, 6) is 0.267. The molecule has 8 nitrogen and oxygen atoms in total. The van der Waals surface area contributed by atoms with Crippen molar-refractivity contribution in [2.45, 2.75) is 13.3 Å². The molecule has 0 saturated carbocycles. The Morgan fingerprint density at radius 3 is 2.40 bits per heavy atom. The van der Waals surface area contributed by atoms with Crippen molar-refractivity contribution in [3.8, 4) is 5.75 Å². The number of methoxy groups -OCH3 is 1. The molecule has 0 aliphatic rings. The quantitative estimate of drug-likeness (QED) is 0.472. The number of nitrogens with one attached hydrogen (secondary N) is 1. The van der Waals surface area contributed by atoms with Gasteiger partial charge in [-0.05, 0) is 30.3 Å². The van der Waals surface area contributed by atoms with Crippen LogP contribution in [0.5, 0.6) is 5.75 Å². The molecule has 130 valence electrons. The predicted molar refractivity (Wildman–Crippen MR) is 93.2 cm³/mol. The molecule has 0 aromatic heterocycles. The number of nitro benzene ring substituents is 1. The molecule has 0 spiro atoms. The van der Waals surface area contributed by atoms with Crippen molar-refractivity contribution in [2.24, 2.45) is 0 Å². The third kappa shape index (κ3) is 4.11. The predicted octanol–water partition coefficient (Wildman–Crippen LogP) is 3.25. The Hall–Kier alpha value is -3.42. The van der Waals surface area contributed by atoms with Gasteiger partial charge in [-0.25, -0.2) is 0 Å². The summed E-state index contributed by atoms with van der Waals surface area (Å²) in [4.78, 5) is 34.7. The van der Waals surface area contributed by atoms with Crippen LogP contribution < -0.4 is 15.0 Å². The summed E-state index contributed by atoms with van der Waals surface area (Å²) in [6, 6.07) is 10.5. The number of hydrogen-bond acceptors (Lipinski definition) is 5. The van der Waals surface area contributed by atoms with Gasteiger partial charge < -0.3 is 10.1 Å². The van der Waals surface area contributed by atoms with Gasteiger partial charge in [0.1, 0.15) is 5.75 Å². The van der Waals surface area contributed by atoms with Crippen molar-refractivity contribution >= 4 is 35.1 Å². The van der Waals surface area contributed by atoms with E-state index in [0.717, 1.165) is 0 Å². The zero-order chi connectivity index (χ0) is 18.4. The number of carbonyl (C=O) groups is 2. The van der Waals surface area contributed by atoms with Gasteiger partial charge in [0.2, 0.25) is 12.3 Å². The van der Waals surface area contributed by atoms with Crippen LogP contribution in [0.4, 0.5) is 22.7 Å². The van der Waals surface area contributed by atoms with Gasteiger partial charge in [0.05, 0.1) is 23.4 Å². The van der Waals surface area contributed by atoms with E-state index in [1.165, 1.54) is 36.3 Å². The Bertz CT molecular complexity index is 789. The first kappa shape index (κ1) is 17.9. The van der Waals surface area contributed by atoms with E-state index in [9.17, 15) is 19.7 Å². The molecular formula is C17H17N3O5. The maximum atomic E-state index is 11.7. The third-order valence-corrected chi connectivity index (χ3v) is 3.50. The molecule has 0 bridgehead atoms. The lowest BCUT2D eigenvalue weighted by atomic mass is 10.2. The first-order valence-corrected chi connectivity index (χ1v) is 7.47. The fourth-order valence-electron chi connectivity index (χ4n) is 2.19. The van der Waals surface area contributed by atoms with E-state index in [2.05, 4.69) is 5.32 Å². The van der Waals surface area contributed by atoms with Crippen molar-refractivity contribution in [1.29, 1.82) is 0 Å². The van der Waals surface area contributed by atoms with Crippen LogP contribution >= 0.6 is 0 Å².